The Hall–Kier alpha value is -3.88. The van der Waals surface area contributed by atoms with Crippen LogP contribution in [0.2, 0.25) is 0 Å². The van der Waals surface area contributed by atoms with Gasteiger partial charge in [-0.1, -0.05) is 30.3 Å². The van der Waals surface area contributed by atoms with Crippen LogP contribution in [0.5, 0.6) is 0 Å². The average Bonchev–Trinajstić information content (AvgIpc) is 3.40. The van der Waals surface area contributed by atoms with Gasteiger partial charge < -0.3 is 4.90 Å². The summed E-state index contributed by atoms with van der Waals surface area (Å²) in [5.41, 5.74) is 2.37. The number of nitrogens with zero attached hydrogens (tertiary/aromatic N) is 6. The first-order valence-electron chi connectivity index (χ1n) is 9.16. The Balaban J connectivity index is 1.58. The Labute approximate surface area is 166 Å². The maximum atomic E-state index is 12.7. The predicted octanol–water partition coefficient (Wildman–Crippen LogP) is 2.03. The van der Waals surface area contributed by atoms with Gasteiger partial charge in [0.1, 0.15) is 0 Å². The minimum Gasteiger partial charge on any atom is -0.341 e. The summed E-state index contributed by atoms with van der Waals surface area (Å²) in [6, 6.07) is 11.5. The van der Waals surface area contributed by atoms with E-state index in [-0.39, 0.29) is 29.5 Å². The molecule has 9 nitrogen and oxygen atoms in total. The molecule has 4 aromatic rings. The lowest BCUT2D eigenvalue weighted by molar-refractivity contribution is 0.0790. The topological polar surface area (TPSA) is 109 Å². The van der Waals surface area contributed by atoms with Gasteiger partial charge in [-0.15, -0.1) is 0 Å². The van der Waals surface area contributed by atoms with Gasteiger partial charge in [0.15, 0.2) is 17.2 Å². The number of hydrogen-bond donors (Lipinski definition) is 1. The van der Waals surface area contributed by atoms with Gasteiger partial charge >= 0.3 is 0 Å². The molecule has 3 heterocycles. The van der Waals surface area contributed by atoms with Crippen molar-refractivity contribution in [2.24, 2.45) is 0 Å². The van der Waals surface area contributed by atoms with Gasteiger partial charge in [0.05, 0.1) is 17.8 Å². The van der Waals surface area contributed by atoms with Crippen molar-refractivity contribution < 1.29 is 9.59 Å². The van der Waals surface area contributed by atoms with E-state index in [2.05, 4.69) is 25.4 Å². The summed E-state index contributed by atoms with van der Waals surface area (Å²) in [5.74, 6) is -0.191. The van der Waals surface area contributed by atoms with Crippen molar-refractivity contribution in [3.63, 3.8) is 0 Å². The summed E-state index contributed by atoms with van der Waals surface area (Å²) >= 11 is 0. The SMILES string of the molecule is CCN(C)C(=O)c1n[nH]nc1C(=O)Cc1ccn2cc(-c3ccccc3)nc2n1. The molecular formula is C20H19N7O2. The Morgan fingerprint density at radius 2 is 1.83 bits per heavy atom. The average molecular weight is 389 g/mol. The third-order valence-corrected chi connectivity index (χ3v) is 4.63. The maximum absolute atomic E-state index is 12.7. The number of hydrogen-bond acceptors (Lipinski definition) is 6. The molecule has 3 aromatic heterocycles. The van der Waals surface area contributed by atoms with E-state index in [0.717, 1.165) is 11.3 Å². The summed E-state index contributed by atoms with van der Waals surface area (Å²) in [5, 5.41) is 10.1. The van der Waals surface area contributed by atoms with Crippen LogP contribution < -0.4 is 0 Å². The first-order valence-corrected chi connectivity index (χ1v) is 9.16. The van der Waals surface area contributed by atoms with Gasteiger partial charge in [0.2, 0.25) is 5.78 Å². The van der Waals surface area contributed by atoms with Crippen molar-refractivity contribution in [1.29, 1.82) is 0 Å². The highest BCUT2D eigenvalue weighted by atomic mass is 16.2. The van der Waals surface area contributed by atoms with E-state index >= 15 is 0 Å². The van der Waals surface area contributed by atoms with E-state index in [1.54, 1.807) is 17.5 Å². The normalized spacial score (nSPS) is 11.0. The minimum atomic E-state index is -0.353. The summed E-state index contributed by atoms with van der Waals surface area (Å²) in [7, 11) is 1.64. The monoisotopic (exact) mass is 389 g/mol. The molecule has 0 saturated heterocycles. The molecule has 9 heteroatoms. The maximum Gasteiger partial charge on any atom is 0.276 e. The van der Waals surface area contributed by atoms with Crippen LogP contribution in [-0.2, 0) is 6.42 Å². The smallest absolute Gasteiger partial charge is 0.276 e. The number of ketones is 1. The molecule has 4 rings (SSSR count). The summed E-state index contributed by atoms with van der Waals surface area (Å²) in [6.45, 7) is 2.34. The van der Waals surface area contributed by atoms with Crippen molar-refractivity contribution in [3.05, 3.63) is 65.9 Å². The van der Waals surface area contributed by atoms with E-state index < -0.39 is 0 Å². The van der Waals surface area contributed by atoms with E-state index in [4.69, 9.17) is 0 Å². The molecule has 0 atom stereocenters. The van der Waals surface area contributed by atoms with Gasteiger partial charge in [-0.2, -0.15) is 15.4 Å². The molecule has 0 aliphatic heterocycles. The van der Waals surface area contributed by atoms with E-state index in [1.165, 1.54) is 4.90 Å². The van der Waals surface area contributed by atoms with E-state index in [0.29, 0.717) is 18.0 Å². The molecule has 1 N–H and O–H groups in total. The number of carbonyl (C=O) groups excluding carboxylic acids is 2. The number of benzene rings is 1. The molecule has 0 spiro atoms. The van der Waals surface area contributed by atoms with Crippen LogP contribution in [0.15, 0.2) is 48.8 Å². The fourth-order valence-electron chi connectivity index (χ4n) is 2.90. The highest BCUT2D eigenvalue weighted by molar-refractivity contribution is 6.05. The van der Waals surface area contributed by atoms with Crippen LogP contribution in [0.1, 0.15) is 33.6 Å². The second-order valence-corrected chi connectivity index (χ2v) is 6.56. The Kier molecular flexibility index (Phi) is 4.86. The van der Waals surface area contributed by atoms with Crippen molar-refractivity contribution in [3.8, 4) is 11.3 Å². The van der Waals surface area contributed by atoms with Crippen LogP contribution in [0, 0.1) is 0 Å². The summed E-state index contributed by atoms with van der Waals surface area (Å²) in [6.07, 6.45) is 3.69. The number of Topliss-reactive ketones (excluding diaryl/α,β-unsaturated/α-hetero) is 1. The van der Waals surface area contributed by atoms with Crippen molar-refractivity contribution in [1.82, 2.24) is 34.7 Å². The highest BCUT2D eigenvalue weighted by Gasteiger charge is 2.24. The highest BCUT2D eigenvalue weighted by Crippen LogP contribution is 2.18. The fraction of sp³-hybridized carbons (Fsp3) is 0.200. The summed E-state index contributed by atoms with van der Waals surface area (Å²) < 4.78 is 1.80. The van der Waals surface area contributed by atoms with Crippen molar-refractivity contribution in [2.45, 2.75) is 13.3 Å². The van der Waals surface area contributed by atoms with Gasteiger partial charge in [0, 0.05) is 31.5 Å². The number of carbonyl (C=O) groups is 2. The number of fused-ring (bicyclic) bond motifs is 1. The number of H-pyrrole nitrogens is 1. The minimum absolute atomic E-state index is 0.00726. The van der Waals surface area contributed by atoms with E-state index in [1.807, 2.05) is 49.6 Å². The number of aromatic amines is 1. The molecule has 0 bridgehead atoms. The van der Waals surface area contributed by atoms with Crippen LogP contribution in [0.3, 0.4) is 0 Å². The lowest BCUT2D eigenvalue weighted by Crippen LogP contribution is -2.28. The van der Waals surface area contributed by atoms with Crippen LogP contribution in [0.4, 0.5) is 0 Å². The molecule has 1 amide bonds. The molecule has 1 aromatic carbocycles. The van der Waals surface area contributed by atoms with E-state index in [9.17, 15) is 9.59 Å². The zero-order chi connectivity index (χ0) is 20.4. The molecule has 29 heavy (non-hydrogen) atoms. The lowest BCUT2D eigenvalue weighted by Gasteiger charge is -2.12. The van der Waals surface area contributed by atoms with Crippen LogP contribution in [0.25, 0.3) is 17.0 Å². The molecule has 0 unspecified atom stereocenters. The predicted molar refractivity (Wildman–Crippen MR) is 105 cm³/mol. The lowest BCUT2D eigenvalue weighted by atomic mass is 10.1. The van der Waals surface area contributed by atoms with Crippen LogP contribution >= 0.6 is 0 Å². The third-order valence-electron chi connectivity index (χ3n) is 4.63. The number of rotatable bonds is 6. The first-order chi connectivity index (χ1) is 14.1. The Bertz CT molecular complexity index is 1180. The van der Waals surface area contributed by atoms with Crippen LogP contribution in [-0.4, -0.2) is 60.0 Å². The quantitative estimate of drug-likeness (QED) is 0.506. The molecule has 0 saturated carbocycles. The first kappa shape index (κ1) is 18.5. The van der Waals surface area contributed by atoms with Gasteiger partial charge in [0.25, 0.3) is 5.91 Å². The molecule has 146 valence electrons. The standard InChI is InChI=1S/C20H19N7O2/c1-3-26(2)19(29)18-17(23-25-24-18)16(28)11-14-9-10-27-12-15(22-20(27)21-14)13-7-5-4-6-8-13/h4-10,12H,3,11H2,1-2H3,(H,23,24,25). The zero-order valence-corrected chi connectivity index (χ0v) is 16.0. The largest absolute Gasteiger partial charge is 0.341 e. The van der Waals surface area contributed by atoms with Crippen molar-refractivity contribution >= 4 is 17.5 Å². The molecular weight excluding hydrogens is 370 g/mol. The van der Waals surface area contributed by atoms with Gasteiger partial charge in [-0.3, -0.25) is 14.0 Å². The second-order valence-electron chi connectivity index (χ2n) is 6.56. The molecule has 0 radical (unpaired) electrons. The Morgan fingerprint density at radius 1 is 1.07 bits per heavy atom. The number of aromatic nitrogens is 6. The fourth-order valence-corrected chi connectivity index (χ4v) is 2.90. The Morgan fingerprint density at radius 3 is 2.59 bits per heavy atom. The van der Waals surface area contributed by atoms with Crippen molar-refractivity contribution in [2.75, 3.05) is 13.6 Å². The van der Waals surface area contributed by atoms with Gasteiger partial charge in [-0.25, -0.2) is 9.97 Å². The zero-order valence-electron chi connectivity index (χ0n) is 16.0. The molecule has 0 fully saturated rings. The summed E-state index contributed by atoms with van der Waals surface area (Å²) in [4.78, 5) is 35.5. The molecule has 0 aliphatic rings. The third kappa shape index (κ3) is 3.62. The number of imidazole rings is 1. The number of amides is 1. The second kappa shape index (κ2) is 7.63. The van der Waals surface area contributed by atoms with Gasteiger partial charge in [-0.05, 0) is 13.0 Å². The number of nitrogens with one attached hydrogen (secondary N) is 1. The molecule has 0 aliphatic carbocycles.